The van der Waals surface area contributed by atoms with Crippen molar-refractivity contribution in [3.05, 3.63) is 54.1 Å². The number of Topliss-reactive ketones (excluding diaryl/α,β-unsaturated/α-hetero) is 1. The monoisotopic (exact) mass is 661 g/mol. The van der Waals surface area contributed by atoms with Crippen molar-refractivity contribution in [2.75, 3.05) is 43.2 Å². The average Bonchev–Trinajstić information content (AvgIpc) is 3.87. The second kappa shape index (κ2) is 14.3. The number of hydrogen-bond acceptors (Lipinski definition) is 7. The molecular formula is C38H51N3O7. The number of methoxy groups -OCH3 is 1. The predicted octanol–water partition coefficient (Wildman–Crippen LogP) is 6.36. The van der Waals surface area contributed by atoms with Crippen molar-refractivity contribution >= 4 is 35.1 Å². The van der Waals surface area contributed by atoms with Crippen LogP contribution in [0.25, 0.3) is 0 Å². The van der Waals surface area contributed by atoms with E-state index in [9.17, 15) is 19.2 Å². The van der Waals surface area contributed by atoms with Crippen LogP contribution in [0.1, 0.15) is 85.1 Å². The number of ether oxygens (including phenoxy) is 3. The number of hydrogen-bond donors (Lipinski definition) is 0. The van der Waals surface area contributed by atoms with Gasteiger partial charge in [0.25, 0.3) is 5.91 Å². The molecule has 0 bridgehead atoms. The van der Waals surface area contributed by atoms with Gasteiger partial charge >= 0.3 is 6.09 Å². The number of anilines is 2. The molecule has 2 heterocycles. The molecule has 2 aromatic carbocycles. The number of carbonyl (C=O) groups is 4. The number of amides is 3. The van der Waals surface area contributed by atoms with E-state index in [1.807, 2.05) is 60.4 Å². The van der Waals surface area contributed by atoms with E-state index in [0.717, 1.165) is 18.4 Å². The number of carbonyl (C=O) groups excluding carboxylic acids is 4. The van der Waals surface area contributed by atoms with Gasteiger partial charge < -0.3 is 28.9 Å². The first-order valence-corrected chi connectivity index (χ1v) is 17.2. The van der Waals surface area contributed by atoms with E-state index in [1.54, 1.807) is 46.6 Å². The van der Waals surface area contributed by atoms with Crippen molar-refractivity contribution in [2.24, 2.45) is 11.8 Å². The largest absolute Gasteiger partial charge is 0.476 e. The number of rotatable bonds is 11. The van der Waals surface area contributed by atoms with Gasteiger partial charge in [0.15, 0.2) is 5.60 Å². The smallest absolute Gasteiger partial charge is 0.410 e. The Kier molecular flexibility index (Phi) is 10.5. The fourth-order valence-corrected chi connectivity index (χ4v) is 6.70. The van der Waals surface area contributed by atoms with Gasteiger partial charge in [-0.2, -0.15) is 0 Å². The van der Waals surface area contributed by atoms with Crippen molar-refractivity contribution in [3.8, 4) is 5.75 Å². The zero-order chi connectivity index (χ0) is 34.8. The molecule has 10 nitrogen and oxygen atoms in total. The lowest BCUT2D eigenvalue weighted by Crippen LogP contribution is -2.53. The van der Waals surface area contributed by atoms with Crippen molar-refractivity contribution in [2.45, 2.75) is 96.8 Å². The second-order valence-corrected chi connectivity index (χ2v) is 15.0. The molecule has 1 saturated carbocycles. The van der Waals surface area contributed by atoms with Crippen molar-refractivity contribution in [1.29, 1.82) is 0 Å². The molecule has 10 heteroatoms. The molecule has 48 heavy (non-hydrogen) atoms. The van der Waals surface area contributed by atoms with Crippen LogP contribution in [-0.2, 0) is 23.9 Å². The summed E-state index contributed by atoms with van der Waals surface area (Å²) in [7, 11) is 1.63. The normalized spacial score (nSPS) is 21.2. The summed E-state index contributed by atoms with van der Waals surface area (Å²) < 4.78 is 17.1. The number of fused-ring (bicyclic) bond motifs is 1. The van der Waals surface area contributed by atoms with E-state index in [1.165, 1.54) is 4.90 Å². The summed E-state index contributed by atoms with van der Waals surface area (Å²) in [6.07, 6.45) is 2.49. The van der Waals surface area contributed by atoms with E-state index in [2.05, 4.69) is 0 Å². The molecule has 2 fully saturated rings. The third kappa shape index (κ3) is 8.20. The minimum Gasteiger partial charge on any atom is -0.476 e. The molecule has 3 atom stereocenters. The van der Waals surface area contributed by atoms with Crippen LogP contribution < -0.4 is 14.5 Å². The summed E-state index contributed by atoms with van der Waals surface area (Å²) in [5, 5.41) is 0. The highest BCUT2D eigenvalue weighted by Gasteiger charge is 2.45. The van der Waals surface area contributed by atoms with E-state index >= 15 is 0 Å². The zero-order valence-electron chi connectivity index (χ0n) is 29.5. The Morgan fingerprint density at radius 2 is 1.73 bits per heavy atom. The number of likely N-dealkylation sites (tertiary alicyclic amines) is 1. The summed E-state index contributed by atoms with van der Waals surface area (Å²) in [5.74, 6) is -0.762. The van der Waals surface area contributed by atoms with Crippen LogP contribution >= 0.6 is 0 Å². The quantitative estimate of drug-likeness (QED) is 0.258. The molecular weight excluding hydrogens is 610 g/mol. The first kappa shape index (κ1) is 35.4. The maximum atomic E-state index is 14.6. The Bertz CT molecular complexity index is 1500. The van der Waals surface area contributed by atoms with E-state index in [-0.39, 0.29) is 42.6 Å². The maximum Gasteiger partial charge on any atom is 0.410 e. The van der Waals surface area contributed by atoms with Crippen molar-refractivity contribution < 1.29 is 33.4 Å². The summed E-state index contributed by atoms with van der Waals surface area (Å²) in [5.41, 5.74) is 0.618. The van der Waals surface area contributed by atoms with Crippen molar-refractivity contribution in [3.63, 3.8) is 0 Å². The lowest BCUT2D eigenvalue weighted by molar-refractivity contribution is -0.132. The van der Waals surface area contributed by atoms with Crippen LogP contribution in [0.5, 0.6) is 5.75 Å². The molecule has 2 aromatic rings. The Hall–Kier alpha value is -3.92. The molecule has 0 unspecified atom stereocenters. The topological polar surface area (TPSA) is 106 Å². The van der Waals surface area contributed by atoms with Crippen LogP contribution in [-0.4, -0.2) is 79.2 Å². The molecule has 3 aliphatic rings. The predicted molar refractivity (Wildman–Crippen MR) is 184 cm³/mol. The standard InChI is InChI=1S/C38H51N3O7/c1-25(26-12-9-8-10-13-26)20-32(42)27-21-28(24-39(23-27)36(45)48-37(2,3)4)34(43)41(29-14-15-29)30-16-17-33-31(22-30)40(18-11-19-46-7)35(44)38(5,6)47-33/h8-10,12-13,16-17,22,25,27-29H,11,14-15,18-21,23-24H2,1-7H3/t25-,27+,28-/m1/s1. The van der Waals surface area contributed by atoms with Crippen molar-refractivity contribution in [1.82, 2.24) is 4.90 Å². The van der Waals surface area contributed by atoms with Crippen LogP contribution in [0, 0.1) is 11.8 Å². The third-order valence-electron chi connectivity index (χ3n) is 9.30. The van der Waals surface area contributed by atoms with E-state index in [0.29, 0.717) is 49.5 Å². The number of ketones is 1. The highest BCUT2D eigenvalue weighted by atomic mass is 16.6. The summed E-state index contributed by atoms with van der Waals surface area (Å²) >= 11 is 0. The number of piperidine rings is 1. The SMILES string of the molecule is COCCCN1C(=O)C(C)(C)Oc2ccc(N(C(=O)[C@@H]3C[C@H](C(=O)C[C@@H](C)c4ccccc4)CN(C(=O)OC(C)(C)C)C3)C3CC3)cc21. The lowest BCUT2D eigenvalue weighted by Gasteiger charge is -2.40. The van der Waals surface area contributed by atoms with Gasteiger partial charge in [-0.05, 0) is 90.0 Å². The zero-order valence-corrected chi connectivity index (χ0v) is 29.5. The van der Waals surface area contributed by atoms with Crippen LogP contribution in [0.4, 0.5) is 16.2 Å². The lowest BCUT2D eigenvalue weighted by atomic mass is 9.82. The Balaban J connectivity index is 1.42. The van der Waals surface area contributed by atoms with Crippen LogP contribution in [0.2, 0.25) is 0 Å². The minimum absolute atomic E-state index is 0.00157. The van der Waals surface area contributed by atoms with E-state index in [4.69, 9.17) is 14.2 Å². The molecule has 2 aliphatic heterocycles. The Morgan fingerprint density at radius 1 is 1.04 bits per heavy atom. The third-order valence-corrected chi connectivity index (χ3v) is 9.30. The van der Waals surface area contributed by atoms with Gasteiger partial charge in [-0.25, -0.2) is 4.79 Å². The summed E-state index contributed by atoms with van der Waals surface area (Å²) in [6, 6.07) is 15.5. The van der Waals surface area contributed by atoms with E-state index < -0.39 is 29.1 Å². The maximum absolute atomic E-state index is 14.6. The van der Waals surface area contributed by atoms with Gasteiger partial charge in [-0.15, -0.1) is 0 Å². The summed E-state index contributed by atoms with van der Waals surface area (Å²) in [4.78, 5) is 60.3. The van der Waals surface area contributed by atoms with Crippen LogP contribution in [0.3, 0.4) is 0 Å². The molecule has 1 saturated heterocycles. The van der Waals surface area contributed by atoms with Gasteiger partial charge in [0.05, 0.1) is 11.6 Å². The average molecular weight is 662 g/mol. The van der Waals surface area contributed by atoms with Gasteiger partial charge in [0.2, 0.25) is 5.91 Å². The molecule has 5 rings (SSSR count). The first-order chi connectivity index (χ1) is 22.7. The molecule has 0 N–H and O–H groups in total. The number of benzene rings is 2. The fraction of sp³-hybridized carbons (Fsp3) is 0.579. The fourth-order valence-electron chi connectivity index (χ4n) is 6.70. The van der Waals surface area contributed by atoms with Gasteiger partial charge in [0.1, 0.15) is 17.1 Å². The first-order valence-electron chi connectivity index (χ1n) is 17.2. The summed E-state index contributed by atoms with van der Waals surface area (Å²) in [6.45, 7) is 12.3. The second-order valence-electron chi connectivity index (χ2n) is 15.0. The molecule has 3 amide bonds. The molecule has 0 aromatic heterocycles. The van der Waals surface area contributed by atoms with Gasteiger partial charge in [-0.3, -0.25) is 14.4 Å². The van der Waals surface area contributed by atoms with Gasteiger partial charge in [-0.1, -0.05) is 37.3 Å². The molecule has 0 radical (unpaired) electrons. The molecule has 260 valence electrons. The highest BCUT2D eigenvalue weighted by Crippen LogP contribution is 2.43. The van der Waals surface area contributed by atoms with Gasteiger partial charge in [0, 0.05) is 57.4 Å². The minimum atomic E-state index is -1.03. The molecule has 0 spiro atoms. The Morgan fingerprint density at radius 3 is 2.38 bits per heavy atom. The highest BCUT2D eigenvalue weighted by molar-refractivity contribution is 6.04. The number of nitrogens with zero attached hydrogens (tertiary/aromatic N) is 3. The Labute approximate surface area is 284 Å². The van der Waals surface area contributed by atoms with Crippen LogP contribution in [0.15, 0.2) is 48.5 Å². The molecule has 1 aliphatic carbocycles.